The van der Waals surface area contributed by atoms with Crippen LogP contribution >= 0.6 is 0 Å². The van der Waals surface area contributed by atoms with Crippen LogP contribution in [0.4, 0.5) is 0 Å². The number of aromatic nitrogens is 2. The first kappa shape index (κ1) is 12.6. The molecule has 1 unspecified atom stereocenters. The van der Waals surface area contributed by atoms with Crippen molar-refractivity contribution in [3.8, 4) is 5.75 Å². The topological polar surface area (TPSA) is 47.3 Å². The molecule has 18 heavy (non-hydrogen) atoms. The van der Waals surface area contributed by atoms with Crippen LogP contribution in [0.25, 0.3) is 0 Å². The second kappa shape index (κ2) is 5.23. The smallest absolute Gasteiger partial charge is 0.122 e. The molecule has 0 aliphatic heterocycles. The number of hydrogen-bond acceptors (Lipinski definition) is 3. The van der Waals surface area contributed by atoms with Crippen molar-refractivity contribution in [3.63, 3.8) is 0 Å². The number of methoxy groups -OCH3 is 1. The van der Waals surface area contributed by atoms with E-state index in [0.29, 0.717) is 6.42 Å². The maximum absolute atomic E-state index is 10.2. The lowest BCUT2D eigenvalue weighted by Crippen LogP contribution is -2.03. The van der Waals surface area contributed by atoms with E-state index in [1.807, 2.05) is 44.4 Å². The van der Waals surface area contributed by atoms with Crippen molar-refractivity contribution in [1.29, 1.82) is 0 Å². The molecule has 4 heteroatoms. The van der Waals surface area contributed by atoms with Crippen LogP contribution in [-0.2, 0) is 13.5 Å². The largest absolute Gasteiger partial charge is 0.496 e. The van der Waals surface area contributed by atoms with Gasteiger partial charge in [0.1, 0.15) is 5.75 Å². The predicted octanol–water partition coefficient (Wildman–Crippen LogP) is 2.01. The summed E-state index contributed by atoms with van der Waals surface area (Å²) < 4.78 is 6.99. The molecule has 0 radical (unpaired) electrons. The van der Waals surface area contributed by atoms with E-state index < -0.39 is 6.10 Å². The molecule has 0 fully saturated rings. The molecule has 1 heterocycles. The van der Waals surface area contributed by atoms with Gasteiger partial charge in [0.2, 0.25) is 0 Å². The van der Waals surface area contributed by atoms with E-state index in [-0.39, 0.29) is 0 Å². The molecule has 1 aromatic heterocycles. The zero-order chi connectivity index (χ0) is 13.1. The maximum atomic E-state index is 10.2. The molecule has 0 aliphatic carbocycles. The van der Waals surface area contributed by atoms with Crippen LogP contribution in [0.15, 0.2) is 30.5 Å². The molecular weight excluding hydrogens is 228 g/mol. The van der Waals surface area contributed by atoms with Crippen LogP contribution in [-0.4, -0.2) is 22.0 Å². The molecule has 0 saturated heterocycles. The summed E-state index contributed by atoms with van der Waals surface area (Å²) >= 11 is 0. The number of ether oxygens (including phenoxy) is 1. The fraction of sp³-hybridized carbons (Fsp3) is 0.357. The number of aliphatic hydroxyl groups excluding tert-OH is 1. The van der Waals surface area contributed by atoms with Gasteiger partial charge >= 0.3 is 0 Å². The molecular formula is C14H18N2O2. The fourth-order valence-corrected chi connectivity index (χ4v) is 1.93. The second-order valence-electron chi connectivity index (χ2n) is 4.43. The molecule has 1 atom stereocenters. The number of nitrogens with zero attached hydrogens (tertiary/aromatic N) is 2. The number of hydrogen-bond donors (Lipinski definition) is 1. The van der Waals surface area contributed by atoms with Gasteiger partial charge in [-0.3, -0.25) is 4.68 Å². The highest BCUT2D eigenvalue weighted by Gasteiger charge is 2.12. The van der Waals surface area contributed by atoms with Crippen LogP contribution in [0.2, 0.25) is 0 Å². The minimum Gasteiger partial charge on any atom is -0.496 e. The van der Waals surface area contributed by atoms with Crippen molar-refractivity contribution < 1.29 is 9.84 Å². The summed E-state index contributed by atoms with van der Waals surface area (Å²) in [6.07, 6.45) is 1.82. The van der Waals surface area contributed by atoms with Crippen molar-refractivity contribution >= 4 is 0 Å². The van der Waals surface area contributed by atoms with Crippen molar-refractivity contribution in [1.82, 2.24) is 9.78 Å². The first-order chi connectivity index (χ1) is 8.60. The highest BCUT2D eigenvalue weighted by Crippen LogP contribution is 2.24. The van der Waals surface area contributed by atoms with E-state index in [4.69, 9.17) is 4.74 Å². The second-order valence-corrected chi connectivity index (χ2v) is 4.43. The summed E-state index contributed by atoms with van der Waals surface area (Å²) in [5.74, 6) is 0.799. The Balaban J connectivity index is 2.15. The van der Waals surface area contributed by atoms with Crippen molar-refractivity contribution in [2.75, 3.05) is 7.11 Å². The monoisotopic (exact) mass is 246 g/mol. The number of aliphatic hydroxyl groups is 1. The van der Waals surface area contributed by atoms with E-state index in [0.717, 1.165) is 22.6 Å². The van der Waals surface area contributed by atoms with Gasteiger partial charge in [0.25, 0.3) is 0 Å². The SMILES string of the molecule is COc1cc(C(O)Cc2ccn(C)n2)ccc1C. The molecule has 1 N–H and O–H groups in total. The Bertz CT molecular complexity index is 534. The van der Waals surface area contributed by atoms with Gasteiger partial charge in [0.05, 0.1) is 18.9 Å². The predicted molar refractivity (Wildman–Crippen MR) is 69.6 cm³/mol. The molecule has 2 rings (SSSR count). The molecule has 0 spiro atoms. The van der Waals surface area contributed by atoms with Crippen LogP contribution in [0.1, 0.15) is 22.9 Å². The molecule has 2 aromatic rings. The molecule has 0 saturated carbocycles. The normalized spacial score (nSPS) is 12.4. The third-order valence-corrected chi connectivity index (χ3v) is 2.99. The van der Waals surface area contributed by atoms with E-state index in [9.17, 15) is 5.11 Å². The molecule has 4 nitrogen and oxygen atoms in total. The summed E-state index contributed by atoms with van der Waals surface area (Å²) in [4.78, 5) is 0. The number of benzene rings is 1. The van der Waals surface area contributed by atoms with Crippen LogP contribution < -0.4 is 4.74 Å². The summed E-state index contributed by atoms with van der Waals surface area (Å²) in [7, 11) is 3.50. The van der Waals surface area contributed by atoms with Gasteiger partial charge in [0.15, 0.2) is 0 Å². The lowest BCUT2D eigenvalue weighted by Gasteiger charge is -2.12. The highest BCUT2D eigenvalue weighted by molar-refractivity contribution is 5.37. The van der Waals surface area contributed by atoms with Crippen LogP contribution in [0.5, 0.6) is 5.75 Å². The summed E-state index contributed by atoms with van der Waals surface area (Å²) in [5, 5.41) is 14.5. The zero-order valence-corrected chi connectivity index (χ0v) is 10.9. The molecule has 96 valence electrons. The van der Waals surface area contributed by atoms with Crippen LogP contribution in [0.3, 0.4) is 0 Å². The Morgan fingerprint density at radius 2 is 2.17 bits per heavy atom. The molecule has 1 aromatic carbocycles. The van der Waals surface area contributed by atoms with Gasteiger partial charge in [-0.05, 0) is 30.2 Å². The molecule has 0 aliphatic rings. The number of aryl methyl sites for hydroxylation is 2. The summed E-state index contributed by atoms with van der Waals surface area (Å²) in [6.45, 7) is 1.98. The average Bonchev–Trinajstić information content (AvgIpc) is 2.75. The first-order valence-corrected chi connectivity index (χ1v) is 5.91. The van der Waals surface area contributed by atoms with E-state index in [1.54, 1.807) is 11.8 Å². The van der Waals surface area contributed by atoms with Crippen molar-refractivity contribution in [3.05, 3.63) is 47.3 Å². The Labute approximate surface area is 107 Å². The Kier molecular flexibility index (Phi) is 3.67. The quantitative estimate of drug-likeness (QED) is 0.897. The maximum Gasteiger partial charge on any atom is 0.122 e. The standard InChI is InChI=1S/C14H18N2O2/c1-10-4-5-11(8-14(10)18-3)13(17)9-12-6-7-16(2)15-12/h4-8,13,17H,9H2,1-3H3. The third kappa shape index (κ3) is 2.71. The Morgan fingerprint density at radius 3 is 2.78 bits per heavy atom. The van der Waals surface area contributed by atoms with Gasteiger partial charge in [-0.25, -0.2) is 0 Å². The first-order valence-electron chi connectivity index (χ1n) is 5.91. The third-order valence-electron chi connectivity index (χ3n) is 2.99. The summed E-state index contributed by atoms with van der Waals surface area (Å²) in [5.41, 5.74) is 2.79. The molecule has 0 bridgehead atoms. The van der Waals surface area contributed by atoms with Crippen LogP contribution in [0, 0.1) is 6.92 Å². The highest BCUT2D eigenvalue weighted by atomic mass is 16.5. The Hall–Kier alpha value is -1.81. The lowest BCUT2D eigenvalue weighted by molar-refractivity contribution is 0.176. The van der Waals surface area contributed by atoms with Crippen molar-refractivity contribution in [2.45, 2.75) is 19.4 Å². The Morgan fingerprint density at radius 1 is 1.39 bits per heavy atom. The minimum atomic E-state index is -0.561. The zero-order valence-electron chi connectivity index (χ0n) is 10.9. The minimum absolute atomic E-state index is 0.507. The average molecular weight is 246 g/mol. The molecule has 0 amide bonds. The van der Waals surface area contributed by atoms with E-state index >= 15 is 0 Å². The van der Waals surface area contributed by atoms with Gasteiger partial charge in [-0.15, -0.1) is 0 Å². The fourth-order valence-electron chi connectivity index (χ4n) is 1.93. The number of rotatable bonds is 4. The van der Waals surface area contributed by atoms with E-state index in [2.05, 4.69) is 5.10 Å². The summed E-state index contributed by atoms with van der Waals surface area (Å²) in [6, 6.07) is 7.67. The van der Waals surface area contributed by atoms with Crippen molar-refractivity contribution in [2.24, 2.45) is 7.05 Å². The van der Waals surface area contributed by atoms with E-state index in [1.165, 1.54) is 0 Å². The van der Waals surface area contributed by atoms with Gasteiger partial charge in [0, 0.05) is 19.7 Å². The van der Waals surface area contributed by atoms with Gasteiger partial charge < -0.3 is 9.84 Å². The van der Waals surface area contributed by atoms with Gasteiger partial charge in [-0.2, -0.15) is 5.10 Å². The lowest BCUT2D eigenvalue weighted by atomic mass is 10.0. The van der Waals surface area contributed by atoms with Gasteiger partial charge in [-0.1, -0.05) is 12.1 Å².